The average molecular weight is 365 g/mol. The van der Waals surface area contributed by atoms with Crippen LogP contribution in [0.4, 0.5) is 0 Å². The number of halogens is 2. The van der Waals surface area contributed by atoms with E-state index in [2.05, 4.69) is 4.98 Å². The summed E-state index contributed by atoms with van der Waals surface area (Å²) in [7, 11) is 0. The molecule has 5 nitrogen and oxygen atoms in total. The van der Waals surface area contributed by atoms with Gasteiger partial charge in [-0.05, 0) is 31.2 Å². The largest absolute Gasteiger partial charge is 0.485 e. The van der Waals surface area contributed by atoms with Crippen LogP contribution in [-0.2, 0) is 11.3 Å². The molecule has 0 fully saturated rings. The molecule has 0 unspecified atom stereocenters. The van der Waals surface area contributed by atoms with Gasteiger partial charge in [0.1, 0.15) is 6.61 Å². The highest BCUT2D eigenvalue weighted by Gasteiger charge is 2.15. The molecule has 0 bridgehead atoms. The highest BCUT2D eigenvalue weighted by Crippen LogP contribution is 2.27. The Bertz CT molecular complexity index is 872. The van der Waals surface area contributed by atoms with Crippen LogP contribution in [0.25, 0.3) is 5.65 Å². The summed E-state index contributed by atoms with van der Waals surface area (Å²) in [5, 5.41) is 1.06. The van der Waals surface area contributed by atoms with E-state index in [1.165, 1.54) is 0 Å². The molecule has 0 saturated heterocycles. The Hall–Kier alpha value is -2.24. The van der Waals surface area contributed by atoms with Crippen molar-refractivity contribution in [3.63, 3.8) is 0 Å². The van der Waals surface area contributed by atoms with Crippen LogP contribution < -0.4 is 4.74 Å². The number of aromatic nitrogens is 2. The van der Waals surface area contributed by atoms with Crippen LogP contribution in [0.15, 0.2) is 42.7 Å². The van der Waals surface area contributed by atoms with Crippen LogP contribution in [0.3, 0.4) is 0 Å². The molecule has 2 heterocycles. The van der Waals surface area contributed by atoms with E-state index in [-0.39, 0.29) is 12.3 Å². The molecule has 0 aliphatic rings. The Morgan fingerprint density at radius 1 is 1.21 bits per heavy atom. The zero-order chi connectivity index (χ0) is 17.1. The van der Waals surface area contributed by atoms with Crippen LogP contribution in [0.5, 0.6) is 5.75 Å². The van der Waals surface area contributed by atoms with Gasteiger partial charge in [-0.3, -0.25) is 0 Å². The van der Waals surface area contributed by atoms with Crippen molar-refractivity contribution in [1.82, 2.24) is 9.38 Å². The Kier molecular flexibility index (Phi) is 4.92. The molecular weight excluding hydrogens is 351 g/mol. The first kappa shape index (κ1) is 16.6. The third kappa shape index (κ3) is 3.32. The molecule has 0 aliphatic carbocycles. The average Bonchev–Trinajstić information content (AvgIpc) is 2.99. The summed E-state index contributed by atoms with van der Waals surface area (Å²) in [6.45, 7) is 2.23. The lowest BCUT2D eigenvalue weighted by atomic mass is 10.2. The van der Waals surface area contributed by atoms with E-state index in [1.807, 2.05) is 0 Å². The third-order valence-corrected chi connectivity index (χ3v) is 4.07. The SMILES string of the molecule is CCOC(=O)c1cn2cccc(OCc3c(Cl)cccc3Cl)c2n1. The van der Waals surface area contributed by atoms with E-state index in [1.54, 1.807) is 54.0 Å². The maximum Gasteiger partial charge on any atom is 0.358 e. The maximum atomic E-state index is 11.8. The topological polar surface area (TPSA) is 52.8 Å². The molecule has 3 rings (SSSR count). The van der Waals surface area contributed by atoms with Gasteiger partial charge in [0.2, 0.25) is 0 Å². The Morgan fingerprint density at radius 2 is 1.96 bits per heavy atom. The van der Waals surface area contributed by atoms with E-state index in [0.717, 1.165) is 0 Å². The standard InChI is InChI=1S/C17H14Cl2N2O3/c1-2-23-17(22)14-9-21-8-4-7-15(16(21)20-14)24-10-11-12(18)5-3-6-13(11)19/h3-9H,2,10H2,1H3. The Balaban J connectivity index is 1.88. The molecule has 1 aromatic carbocycles. The van der Waals surface area contributed by atoms with E-state index in [9.17, 15) is 4.79 Å². The second-order valence-corrected chi connectivity index (χ2v) is 5.75. The lowest BCUT2D eigenvalue weighted by Crippen LogP contribution is -2.04. The van der Waals surface area contributed by atoms with Gasteiger partial charge >= 0.3 is 5.97 Å². The predicted octanol–water partition coefficient (Wildman–Crippen LogP) is 4.40. The lowest BCUT2D eigenvalue weighted by molar-refractivity contribution is 0.0520. The summed E-state index contributed by atoms with van der Waals surface area (Å²) >= 11 is 12.3. The molecule has 24 heavy (non-hydrogen) atoms. The highest BCUT2D eigenvalue weighted by atomic mass is 35.5. The first-order valence-electron chi connectivity index (χ1n) is 7.30. The number of hydrogen-bond donors (Lipinski definition) is 0. The predicted molar refractivity (Wildman–Crippen MR) is 91.9 cm³/mol. The summed E-state index contributed by atoms with van der Waals surface area (Å²) in [5.74, 6) is 0.0466. The third-order valence-electron chi connectivity index (χ3n) is 3.37. The number of rotatable bonds is 5. The number of esters is 1. The number of ether oxygens (including phenoxy) is 2. The fourth-order valence-corrected chi connectivity index (χ4v) is 2.73. The smallest absolute Gasteiger partial charge is 0.358 e. The van der Waals surface area contributed by atoms with E-state index >= 15 is 0 Å². The lowest BCUT2D eigenvalue weighted by Gasteiger charge is -2.10. The molecular formula is C17H14Cl2N2O3. The summed E-state index contributed by atoms with van der Waals surface area (Å²) in [5.41, 5.74) is 1.44. The van der Waals surface area contributed by atoms with Crippen molar-refractivity contribution in [2.24, 2.45) is 0 Å². The van der Waals surface area contributed by atoms with Crippen molar-refractivity contribution < 1.29 is 14.3 Å². The summed E-state index contributed by atoms with van der Waals surface area (Å²) in [4.78, 5) is 16.1. The summed E-state index contributed by atoms with van der Waals surface area (Å²) in [6.07, 6.45) is 3.38. The zero-order valence-corrected chi connectivity index (χ0v) is 14.3. The number of fused-ring (bicyclic) bond motifs is 1. The maximum absolute atomic E-state index is 11.8. The molecule has 0 radical (unpaired) electrons. The second-order valence-electron chi connectivity index (χ2n) is 4.94. The van der Waals surface area contributed by atoms with Crippen molar-refractivity contribution in [3.05, 3.63) is 64.0 Å². The Morgan fingerprint density at radius 3 is 2.67 bits per heavy atom. The van der Waals surface area contributed by atoms with Crippen molar-refractivity contribution in [3.8, 4) is 5.75 Å². The first-order chi connectivity index (χ1) is 11.6. The molecule has 7 heteroatoms. The fraction of sp³-hybridized carbons (Fsp3) is 0.176. The number of carbonyl (C=O) groups is 1. The quantitative estimate of drug-likeness (QED) is 0.629. The molecule has 0 N–H and O–H groups in total. The minimum atomic E-state index is -0.471. The fourth-order valence-electron chi connectivity index (χ4n) is 2.22. The number of benzene rings is 1. The van der Waals surface area contributed by atoms with Gasteiger partial charge in [0.15, 0.2) is 17.1 Å². The molecule has 0 aliphatic heterocycles. The number of carbonyl (C=O) groups excluding carboxylic acids is 1. The number of pyridine rings is 1. The van der Waals surface area contributed by atoms with Crippen LogP contribution in [0.1, 0.15) is 23.0 Å². The van der Waals surface area contributed by atoms with Crippen molar-refractivity contribution in [2.45, 2.75) is 13.5 Å². The number of nitrogens with zero attached hydrogens (tertiary/aromatic N) is 2. The van der Waals surface area contributed by atoms with E-state index < -0.39 is 5.97 Å². The number of imidazole rings is 1. The van der Waals surface area contributed by atoms with Gasteiger partial charge in [-0.1, -0.05) is 29.3 Å². The monoisotopic (exact) mass is 364 g/mol. The molecule has 124 valence electrons. The van der Waals surface area contributed by atoms with Crippen LogP contribution >= 0.6 is 23.2 Å². The number of hydrogen-bond acceptors (Lipinski definition) is 4. The highest BCUT2D eigenvalue weighted by molar-refractivity contribution is 6.35. The molecule has 0 amide bonds. The minimum absolute atomic E-state index is 0.194. The van der Waals surface area contributed by atoms with Crippen molar-refractivity contribution in [2.75, 3.05) is 6.61 Å². The molecule has 2 aromatic heterocycles. The van der Waals surface area contributed by atoms with Gasteiger partial charge in [0.25, 0.3) is 0 Å². The van der Waals surface area contributed by atoms with E-state index in [0.29, 0.717) is 33.6 Å². The van der Waals surface area contributed by atoms with Gasteiger partial charge in [-0.2, -0.15) is 0 Å². The molecule has 0 saturated carbocycles. The van der Waals surface area contributed by atoms with Crippen LogP contribution in [-0.4, -0.2) is 22.0 Å². The normalized spacial score (nSPS) is 10.8. The van der Waals surface area contributed by atoms with Gasteiger partial charge in [0, 0.05) is 28.0 Å². The van der Waals surface area contributed by atoms with Crippen molar-refractivity contribution in [1.29, 1.82) is 0 Å². The van der Waals surface area contributed by atoms with Crippen LogP contribution in [0.2, 0.25) is 10.0 Å². The Labute approximate surface area is 148 Å². The van der Waals surface area contributed by atoms with Gasteiger partial charge in [-0.25, -0.2) is 9.78 Å². The van der Waals surface area contributed by atoms with Gasteiger partial charge in [0.05, 0.1) is 6.61 Å². The van der Waals surface area contributed by atoms with Gasteiger partial charge in [-0.15, -0.1) is 0 Å². The van der Waals surface area contributed by atoms with Gasteiger partial charge < -0.3 is 13.9 Å². The first-order valence-corrected chi connectivity index (χ1v) is 8.06. The summed E-state index contributed by atoms with van der Waals surface area (Å²) < 4.78 is 12.5. The minimum Gasteiger partial charge on any atom is -0.485 e. The summed E-state index contributed by atoms with van der Waals surface area (Å²) in [6, 6.07) is 8.84. The van der Waals surface area contributed by atoms with E-state index in [4.69, 9.17) is 32.7 Å². The van der Waals surface area contributed by atoms with Crippen molar-refractivity contribution >= 4 is 34.8 Å². The zero-order valence-electron chi connectivity index (χ0n) is 12.8. The molecule has 0 spiro atoms. The molecule has 3 aromatic rings. The molecule has 0 atom stereocenters. The van der Waals surface area contributed by atoms with Crippen LogP contribution in [0, 0.1) is 0 Å². The second kappa shape index (κ2) is 7.11.